The summed E-state index contributed by atoms with van der Waals surface area (Å²) in [5.74, 6) is 7.75. The van der Waals surface area contributed by atoms with E-state index in [1.165, 1.54) is 0 Å². The van der Waals surface area contributed by atoms with Crippen molar-refractivity contribution >= 4 is 11.6 Å². The first-order valence-electron chi connectivity index (χ1n) is 6.97. The van der Waals surface area contributed by atoms with Gasteiger partial charge in [-0.25, -0.2) is 15.8 Å². The Labute approximate surface area is 114 Å². The third-order valence-electron chi connectivity index (χ3n) is 3.24. The molecule has 0 atom stereocenters. The maximum Gasteiger partial charge on any atom is 0.145 e. The Bertz CT molecular complexity index is 406. The molecule has 0 amide bonds. The first kappa shape index (κ1) is 14.0. The fraction of sp³-hybridized carbons (Fsp3) is 0.692. The average molecular weight is 265 g/mol. The minimum Gasteiger partial charge on any atom is -0.378 e. The van der Waals surface area contributed by atoms with Gasteiger partial charge in [0.2, 0.25) is 0 Å². The summed E-state index contributed by atoms with van der Waals surface area (Å²) < 4.78 is 5.55. The second kappa shape index (κ2) is 6.68. The Kier molecular flexibility index (Phi) is 4.93. The number of nitrogen functional groups attached to an aromatic ring is 1. The molecule has 0 saturated heterocycles. The number of nitrogens with zero attached hydrogens (tertiary/aromatic N) is 2. The van der Waals surface area contributed by atoms with Crippen LogP contribution in [0, 0.1) is 0 Å². The summed E-state index contributed by atoms with van der Waals surface area (Å²) in [6, 6.07) is 2.28. The predicted molar refractivity (Wildman–Crippen MR) is 75.9 cm³/mol. The van der Waals surface area contributed by atoms with Crippen LogP contribution in [0.2, 0.25) is 0 Å². The lowest BCUT2D eigenvalue weighted by atomic mass is 9.89. The highest BCUT2D eigenvalue weighted by molar-refractivity contribution is 5.47. The number of anilines is 2. The molecule has 0 aliphatic heterocycles. The van der Waals surface area contributed by atoms with Crippen molar-refractivity contribution in [3.63, 3.8) is 0 Å². The quantitative estimate of drug-likeness (QED) is 0.514. The number of rotatable bonds is 7. The van der Waals surface area contributed by atoms with Gasteiger partial charge in [0.15, 0.2) is 0 Å². The molecule has 0 unspecified atom stereocenters. The molecular formula is C13H23N5O. The predicted octanol–water partition coefficient (Wildman–Crippen LogP) is 1.69. The Morgan fingerprint density at radius 1 is 1.32 bits per heavy atom. The van der Waals surface area contributed by atoms with Gasteiger partial charge in [-0.3, -0.25) is 0 Å². The molecule has 0 radical (unpaired) electrons. The number of hydrogen-bond donors (Lipinski definition) is 3. The summed E-state index contributed by atoms with van der Waals surface area (Å²) >= 11 is 0. The van der Waals surface area contributed by atoms with Crippen molar-refractivity contribution in [3.8, 4) is 0 Å². The van der Waals surface area contributed by atoms with Crippen LogP contribution in [-0.4, -0.2) is 28.7 Å². The molecule has 2 rings (SSSR count). The van der Waals surface area contributed by atoms with Crippen LogP contribution in [0.5, 0.6) is 0 Å². The molecule has 106 valence electrons. The van der Waals surface area contributed by atoms with E-state index >= 15 is 0 Å². The number of nitrogens with two attached hydrogens (primary N) is 1. The highest BCUT2D eigenvalue weighted by Gasteiger charge is 2.29. The van der Waals surface area contributed by atoms with E-state index in [0.29, 0.717) is 18.0 Å². The summed E-state index contributed by atoms with van der Waals surface area (Å²) in [4.78, 5) is 8.83. The SMILES string of the molecule is CCCc1nc(NN)cc(NC2CC(OCC)C2)n1. The lowest BCUT2D eigenvalue weighted by Crippen LogP contribution is -2.41. The third-order valence-corrected chi connectivity index (χ3v) is 3.24. The van der Waals surface area contributed by atoms with Crippen LogP contribution in [0.15, 0.2) is 6.07 Å². The summed E-state index contributed by atoms with van der Waals surface area (Å²) in [6.07, 6.45) is 4.34. The zero-order valence-electron chi connectivity index (χ0n) is 11.6. The van der Waals surface area contributed by atoms with Crippen LogP contribution >= 0.6 is 0 Å². The minimum atomic E-state index is 0.395. The fourth-order valence-electron chi connectivity index (χ4n) is 2.24. The summed E-state index contributed by atoms with van der Waals surface area (Å²) in [5, 5.41) is 3.41. The van der Waals surface area contributed by atoms with Crippen LogP contribution in [0.3, 0.4) is 0 Å². The zero-order chi connectivity index (χ0) is 13.7. The normalized spacial score (nSPS) is 21.8. The third kappa shape index (κ3) is 3.78. The van der Waals surface area contributed by atoms with Crippen LogP contribution in [0.1, 0.15) is 38.9 Å². The van der Waals surface area contributed by atoms with Gasteiger partial charge in [0.25, 0.3) is 0 Å². The molecule has 1 aromatic rings. The van der Waals surface area contributed by atoms with Crippen molar-refractivity contribution < 1.29 is 4.74 Å². The zero-order valence-corrected chi connectivity index (χ0v) is 11.6. The average Bonchev–Trinajstić information content (AvgIpc) is 2.36. The van der Waals surface area contributed by atoms with E-state index in [9.17, 15) is 0 Å². The highest BCUT2D eigenvalue weighted by Crippen LogP contribution is 2.26. The minimum absolute atomic E-state index is 0.395. The molecule has 1 saturated carbocycles. The summed E-state index contributed by atoms with van der Waals surface area (Å²) in [7, 11) is 0. The van der Waals surface area contributed by atoms with E-state index in [1.807, 2.05) is 13.0 Å². The van der Waals surface area contributed by atoms with Crippen molar-refractivity contribution in [2.45, 2.75) is 51.7 Å². The molecule has 0 aromatic carbocycles. The van der Waals surface area contributed by atoms with E-state index in [-0.39, 0.29) is 0 Å². The first-order valence-corrected chi connectivity index (χ1v) is 6.97. The Morgan fingerprint density at radius 2 is 2.05 bits per heavy atom. The standard InChI is InChI=1S/C13H23N5O/c1-3-5-11-16-12(8-13(17-11)18-14)15-9-6-10(7-9)19-4-2/h8-10H,3-7,14H2,1-2H3,(H2,15,16,17,18). The molecule has 1 heterocycles. The van der Waals surface area contributed by atoms with Gasteiger partial charge < -0.3 is 15.5 Å². The van der Waals surface area contributed by atoms with Crippen LogP contribution in [0.4, 0.5) is 11.6 Å². The van der Waals surface area contributed by atoms with E-state index in [1.54, 1.807) is 0 Å². The van der Waals surface area contributed by atoms with E-state index in [2.05, 4.69) is 27.6 Å². The van der Waals surface area contributed by atoms with Gasteiger partial charge in [0, 0.05) is 25.1 Å². The number of hydrogen-bond acceptors (Lipinski definition) is 6. The maximum atomic E-state index is 5.55. The highest BCUT2D eigenvalue weighted by atomic mass is 16.5. The van der Waals surface area contributed by atoms with Gasteiger partial charge in [-0.05, 0) is 26.2 Å². The number of nitrogens with one attached hydrogen (secondary N) is 2. The maximum absolute atomic E-state index is 5.55. The molecule has 0 spiro atoms. The Hall–Kier alpha value is -1.40. The second-order valence-corrected chi connectivity index (χ2v) is 4.84. The van der Waals surface area contributed by atoms with E-state index in [4.69, 9.17) is 10.6 Å². The number of aryl methyl sites for hydroxylation is 1. The first-order chi connectivity index (χ1) is 9.25. The lowest BCUT2D eigenvalue weighted by Gasteiger charge is -2.35. The fourth-order valence-corrected chi connectivity index (χ4v) is 2.24. The number of hydrazine groups is 1. The molecular weight excluding hydrogens is 242 g/mol. The largest absolute Gasteiger partial charge is 0.378 e. The van der Waals surface area contributed by atoms with Gasteiger partial charge >= 0.3 is 0 Å². The van der Waals surface area contributed by atoms with E-state index < -0.39 is 0 Å². The summed E-state index contributed by atoms with van der Waals surface area (Å²) in [5.41, 5.74) is 2.59. The smallest absolute Gasteiger partial charge is 0.145 e. The molecule has 6 nitrogen and oxygen atoms in total. The molecule has 19 heavy (non-hydrogen) atoms. The molecule has 1 aliphatic rings. The van der Waals surface area contributed by atoms with Crippen LogP contribution in [0.25, 0.3) is 0 Å². The Morgan fingerprint density at radius 3 is 2.68 bits per heavy atom. The van der Waals surface area contributed by atoms with Gasteiger partial charge in [0.1, 0.15) is 17.5 Å². The molecule has 1 aliphatic carbocycles. The van der Waals surface area contributed by atoms with Gasteiger partial charge in [0.05, 0.1) is 6.10 Å². The number of aromatic nitrogens is 2. The van der Waals surface area contributed by atoms with Crippen molar-refractivity contribution in [1.82, 2.24) is 9.97 Å². The second-order valence-electron chi connectivity index (χ2n) is 4.84. The van der Waals surface area contributed by atoms with E-state index in [0.717, 1.165) is 43.9 Å². The van der Waals surface area contributed by atoms with Crippen molar-refractivity contribution in [3.05, 3.63) is 11.9 Å². The molecule has 1 aromatic heterocycles. The van der Waals surface area contributed by atoms with Crippen LogP contribution < -0.4 is 16.6 Å². The molecule has 0 bridgehead atoms. The number of ether oxygens (including phenoxy) is 1. The molecule has 6 heteroatoms. The van der Waals surface area contributed by atoms with Crippen LogP contribution in [-0.2, 0) is 11.2 Å². The monoisotopic (exact) mass is 265 g/mol. The van der Waals surface area contributed by atoms with Gasteiger partial charge in [-0.1, -0.05) is 6.92 Å². The van der Waals surface area contributed by atoms with Crippen molar-refractivity contribution in [1.29, 1.82) is 0 Å². The lowest BCUT2D eigenvalue weighted by molar-refractivity contribution is 0.00292. The van der Waals surface area contributed by atoms with Crippen molar-refractivity contribution in [2.24, 2.45) is 5.84 Å². The summed E-state index contributed by atoms with van der Waals surface area (Å²) in [6.45, 7) is 4.92. The molecule has 4 N–H and O–H groups in total. The van der Waals surface area contributed by atoms with Crippen molar-refractivity contribution in [2.75, 3.05) is 17.3 Å². The van der Waals surface area contributed by atoms with Gasteiger partial charge in [-0.2, -0.15) is 0 Å². The topological polar surface area (TPSA) is 85.1 Å². The van der Waals surface area contributed by atoms with Gasteiger partial charge in [-0.15, -0.1) is 0 Å². The molecule has 1 fully saturated rings. The Balaban J connectivity index is 1.94.